The Labute approximate surface area is 105 Å². The van der Waals surface area contributed by atoms with Gasteiger partial charge in [0.1, 0.15) is 11.5 Å². The maximum absolute atomic E-state index is 9.76. The van der Waals surface area contributed by atoms with Crippen LogP contribution >= 0.6 is 11.8 Å². The van der Waals surface area contributed by atoms with Gasteiger partial charge in [-0.2, -0.15) is 0 Å². The number of phenolic OH excluding ortho intramolecular Hbond substituents is 2. The summed E-state index contributed by atoms with van der Waals surface area (Å²) in [5.41, 5.74) is 0.958. The van der Waals surface area contributed by atoms with Crippen molar-refractivity contribution in [3.63, 3.8) is 0 Å². The van der Waals surface area contributed by atoms with E-state index in [9.17, 15) is 10.2 Å². The lowest BCUT2D eigenvalue weighted by Crippen LogP contribution is -1.82. The molecule has 0 radical (unpaired) electrons. The Morgan fingerprint density at radius 3 is 2.18 bits per heavy atom. The van der Waals surface area contributed by atoms with Gasteiger partial charge in [-0.05, 0) is 48.4 Å². The second kappa shape index (κ2) is 5.15. The van der Waals surface area contributed by atoms with Crippen LogP contribution in [-0.2, 0) is 6.42 Å². The Hall–Kier alpha value is -1.61. The molecule has 0 spiro atoms. The molecular weight excluding hydrogens is 232 g/mol. The Morgan fingerprint density at radius 2 is 1.59 bits per heavy atom. The van der Waals surface area contributed by atoms with E-state index in [-0.39, 0.29) is 5.75 Å². The van der Waals surface area contributed by atoms with Crippen molar-refractivity contribution in [3.8, 4) is 11.5 Å². The summed E-state index contributed by atoms with van der Waals surface area (Å²) >= 11 is 1.56. The molecule has 2 aromatic rings. The minimum Gasteiger partial charge on any atom is -0.508 e. The SMILES string of the molecule is CCc1ccc(Sc2ccc(O)cc2)cc1O. The minimum absolute atomic E-state index is 0.263. The molecule has 0 unspecified atom stereocenters. The fourth-order valence-corrected chi connectivity index (χ4v) is 2.41. The molecule has 3 heteroatoms. The largest absolute Gasteiger partial charge is 0.508 e. The summed E-state index contributed by atoms with van der Waals surface area (Å²) in [7, 11) is 0. The third kappa shape index (κ3) is 2.94. The lowest BCUT2D eigenvalue weighted by molar-refractivity contribution is 0.467. The molecule has 0 amide bonds. The fourth-order valence-electron chi connectivity index (χ4n) is 1.56. The summed E-state index contributed by atoms with van der Waals surface area (Å²) in [6.07, 6.45) is 0.829. The zero-order valence-corrected chi connectivity index (χ0v) is 10.4. The van der Waals surface area contributed by atoms with Gasteiger partial charge in [-0.15, -0.1) is 0 Å². The van der Waals surface area contributed by atoms with Crippen LogP contribution in [0, 0.1) is 0 Å². The molecule has 2 nitrogen and oxygen atoms in total. The third-order valence-electron chi connectivity index (χ3n) is 2.51. The van der Waals surface area contributed by atoms with Crippen molar-refractivity contribution in [2.24, 2.45) is 0 Å². The van der Waals surface area contributed by atoms with Crippen LogP contribution in [0.5, 0.6) is 11.5 Å². The van der Waals surface area contributed by atoms with E-state index in [2.05, 4.69) is 0 Å². The zero-order valence-electron chi connectivity index (χ0n) is 9.55. The van der Waals surface area contributed by atoms with E-state index in [1.807, 2.05) is 31.2 Å². The minimum atomic E-state index is 0.263. The molecule has 0 heterocycles. The number of phenols is 2. The number of benzene rings is 2. The average molecular weight is 246 g/mol. The normalized spacial score (nSPS) is 10.4. The number of hydrogen-bond acceptors (Lipinski definition) is 3. The first kappa shape index (κ1) is 11.9. The number of rotatable bonds is 3. The summed E-state index contributed by atoms with van der Waals surface area (Å²) in [5, 5.41) is 18.9. The van der Waals surface area contributed by atoms with E-state index in [0.29, 0.717) is 5.75 Å². The Kier molecular flexibility index (Phi) is 3.59. The van der Waals surface area contributed by atoms with Crippen molar-refractivity contribution in [2.45, 2.75) is 23.1 Å². The monoisotopic (exact) mass is 246 g/mol. The second-order valence-electron chi connectivity index (χ2n) is 3.74. The molecule has 2 aromatic carbocycles. The third-order valence-corrected chi connectivity index (χ3v) is 3.51. The maximum atomic E-state index is 9.76. The highest BCUT2D eigenvalue weighted by atomic mass is 32.2. The summed E-state index contributed by atoms with van der Waals surface area (Å²) in [6.45, 7) is 2.02. The lowest BCUT2D eigenvalue weighted by Gasteiger charge is -2.05. The Bertz CT molecular complexity index is 506. The van der Waals surface area contributed by atoms with Crippen LogP contribution < -0.4 is 0 Å². The molecule has 88 valence electrons. The van der Waals surface area contributed by atoms with Gasteiger partial charge in [-0.25, -0.2) is 0 Å². The fraction of sp³-hybridized carbons (Fsp3) is 0.143. The molecule has 2 rings (SSSR count). The summed E-state index contributed by atoms with van der Waals surface area (Å²) < 4.78 is 0. The van der Waals surface area contributed by atoms with E-state index >= 15 is 0 Å². The zero-order chi connectivity index (χ0) is 12.3. The molecule has 0 atom stereocenters. The highest BCUT2D eigenvalue weighted by molar-refractivity contribution is 7.99. The van der Waals surface area contributed by atoms with Crippen molar-refractivity contribution in [3.05, 3.63) is 48.0 Å². The van der Waals surface area contributed by atoms with Gasteiger partial charge in [-0.3, -0.25) is 0 Å². The number of aryl methyl sites for hydroxylation is 1. The van der Waals surface area contributed by atoms with E-state index < -0.39 is 0 Å². The summed E-state index contributed by atoms with van der Waals surface area (Å²) in [4.78, 5) is 2.02. The van der Waals surface area contributed by atoms with Crippen LogP contribution in [0.25, 0.3) is 0 Å². The van der Waals surface area contributed by atoms with Crippen molar-refractivity contribution in [1.29, 1.82) is 0 Å². The smallest absolute Gasteiger partial charge is 0.119 e. The van der Waals surface area contributed by atoms with Gasteiger partial charge in [0, 0.05) is 9.79 Å². The first-order valence-electron chi connectivity index (χ1n) is 5.48. The Morgan fingerprint density at radius 1 is 0.941 bits per heavy atom. The standard InChI is InChI=1S/C14H14O2S/c1-2-10-3-6-13(9-14(10)16)17-12-7-4-11(15)5-8-12/h3-9,15-16H,2H2,1H3. The highest BCUT2D eigenvalue weighted by Gasteiger charge is 2.02. The highest BCUT2D eigenvalue weighted by Crippen LogP contribution is 2.32. The Balaban J connectivity index is 2.19. The first-order valence-corrected chi connectivity index (χ1v) is 6.29. The predicted molar refractivity (Wildman–Crippen MR) is 69.7 cm³/mol. The molecule has 2 N–H and O–H groups in total. The molecule has 0 aliphatic heterocycles. The molecule has 0 bridgehead atoms. The van der Waals surface area contributed by atoms with Crippen LogP contribution in [0.1, 0.15) is 12.5 Å². The van der Waals surface area contributed by atoms with E-state index in [4.69, 9.17) is 0 Å². The van der Waals surface area contributed by atoms with Gasteiger partial charge >= 0.3 is 0 Å². The van der Waals surface area contributed by atoms with Crippen molar-refractivity contribution in [1.82, 2.24) is 0 Å². The van der Waals surface area contributed by atoms with E-state index in [1.165, 1.54) is 0 Å². The van der Waals surface area contributed by atoms with Gasteiger partial charge in [0.2, 0.25) is 0 Å². The lowest BCUT2D eigenvalue weighted by atomic mass is 10.1. The first-order chi connectivity index (χ1) is 8.19. The van der Waals surface area contributed by atoms with Crippen LogP contribution in [0.3, 0.4) is 0 Å². The van der Waals surface area contributed by atoms with Crippen molar-refractivity contribution < 1.29 is 10.2 Å². The maximum Gasteiger partial charge on any atom is 0.119 e. The summed E-state index contributed by atoms with van der Waals surface area (Å²) in [5.74, 6) is 0.606. The second-order valence-corrected chi connectivity index (χ2v) is 4.89. The van der Waals surface area contributed by atoms with Crippen LogP contribution in [0.2, 0.25) is 0 Å². The molecule has 0 aliphatic rings. The molecule has 0 fully saturated rings. The molecule has 0 aliphatic carbocycles. The average Bonchev–Trinajstić information content (AvgIpc) is 2.32. The van der Waals surface area contributed by atoms with Crippen molar-refractivity contribution >= 4 is 11.8 Å². The van der Waals surface area contributed by atoms with Gasteiger partial charge in [-0.1, -0.05) is 24.8 Å². The summed E-state index contributed by atoms with van der Waals surface area (Å²) in [6, 6.07) is 12.7. The molecule has 0 saturated heterocycles. The topological polar surface area (TPSA) is 40.5 Å². The molecule has 0 saturated carbocycles. The van der Waals surface area contributed by atoms with Crippen molar-refractivity contribution in [2.75, 3.05) is 0 Å². The van der Waals surface area contributed by atoms with Crippen LogP contribution in [0.15, 0.2) is 52.3 Å². The molecule has 0 aromatic heterocycles. The quantitative estimate of drug-likeness (QED) is 0.865. The molecule has 17 heavy (non-hydrogen) atoms. The number of hydrogen-bond donors (Lipinski definition) is 2. The molecular formula is C14H14O2S. The van der Waals surface area contributed by atoms with Gasteiger partial charge in [0.15, 0.2) is 0 Å². The van der Waals surface area contributed by atoms with E-state index in [1.54, 1.807) is 30.0 Å². The van der Waals surface area contributed by atoms with Gasteiger partial charge < -0.3 is 10.2 Å². The van der Waals surface area contributed by atoms with Crippen LogP contribution in [-0.4, -0.2) is 10.2 Å². The van der Waals surface area contributed by atoms with E-state index in [0.717, 1.165) is 21.8 Å². The van der Waals surface area contributed by atoms with Gasteiger partial charge in [0.25, 0.3) is 0 Å². The van der Waals surface area contributed by atoms with Gasteiger partial charge in [0.05, 0.1) is 0 Å². The van der Waals surface area contributed by atoms with Crippen LogP contribution in [0.4, 0.5) is 0 Å². The number of aromatic hydroxyl groups is 2. The predicted octanol–water partition coefficient (Wildman–Crippen LogP) is 3.81.